The van der Waals surface area contributed by atoms with E-state index in [9.17, 15) is 9.90 Å². The van der Waals surface area contributed by atoms with E-state index >= 15 is 0 Å². The molecule has 3 heteroatoms. The first-order valence-corrected chi connectivity index (χ1v) is 5.61. The first-order valence-electron chi connectivity index (χ1n) is 5.61. The molecule has 0 spiro atoms. The highest BCUT2D eigenvalue weighted by Gasteiger charge is 2.10. The van der Waals surface area contributed by atoms with Gasteiger partial charge in [0, 0.05) is 5.69 Å². The molecule has 1 heterocycles. The molecule has 18 heavy (non-hydrogen) atoms. The molecule has 0 aliphatic carbocycles. The van der Waals surface area contributed by atoms with Crippen molar-refractivity contribution in [2.24, 2.45) is 0 Å². The Morgan fingerprint density at radius 1 is 1.11 bits per heavy atom. The Balaban J connectivity index is 2.46. The quantitative estimate of drug-likeness (QED) is 0.837. The summed E-state index contributed by atoms with van der Waals surface area (Å²) in [5.41, 5.74) is 2.43. The van der Waals surface area contributed by atoms with Gasteiger partial charge in [0.15, 0.2) is 0 Å². The van der Waals surface area contributed by atoms with E-state index in [0.717, 1.165) is 5.69 Å². The van der Waals surface area contributed by atoms with E-state index in [4.69, 9.17) is 0 Å². The molecule has 2 aromatic rings. The first kappa shape index (κ1) is 12.0. The van der Waals surface area contributed by atoms with Gasteiger partial charge in [0.2, 0.25) is 0 Å². The van der Waals surface area contributed by atoms with Crippen molar-refractivity contribution in [2.75, 3.05) is 0 Å². The van der Waals surface area contributed by atoms with E-state index in [1.54, 1.807) is 24.3 Å². The van der Waals surface area contributed by atoms with Crippen LogP contribution in [0.4, 0.5) is 0 Å². The van der Waals surface area contributed by atoms with Crippen LogP contribution in [0.3, 0.4) is 0 Å². The van der Waals surface area contributed by atoms with Gasteiger partial charge in [-0.25, -0.2) is 4.79 Å². The molecule has 0 radical (unpaired) electrons. The maximum Gasteiger partial charge on any atom is 0.336 e. The van der Waals surface area contributed by atoms with Gasteiger partial charge in [0.05, 0.1) is 11.3 Å². The number of aliphatic carboxylic acids is 1. The van der Waals surface area contributed by atoms with Crippen LogP contribution >= 0.6 is 0 Å². The Kier molecular flexibility index (Phi) is 3.53. The van der Waals surface area contributed by atoms with Crippen molar-refractivity contribution in [3.63, 3.8) is 0 Å². The third-order valence-electron chi connectivity index (χ3n) is 2.52. The van der Waals surface area contributed by atoms with Crippen LogP contribution in [0.2, 0.25) is 0 Å². The molecule has 1 N–H and O–H groups in total. The number of hydrogen-bond acceptors (Lipinski definition) is 2. The summed E-state index contributed by atoms with van der Waals surface area (Å²) in [6.45, 7) is 1.88. The average molecular weight is 239 g/mol. The SMILES string of the molecule is Cc1cccc(/C=C(/C(=O)O)c2ccccc2)n1. The van der Waals surface area contributed by atoms with Crippen molar-refractivity contribution < 1.29 is 9.90 Å². The largest absolute Gasteiger partial charge is 0.478 e. The number of pyridine rings is 1. The zero-order valence-corrected chi connectivity index (χ0v) is 10.00. The van der Waals surface area contributed by atoms with Crippen LogP contribution in [-0.4, -0.2) is 16.1 Å². The first-order chi connectivity index (χ1) is 8.66. The molecule has 1 aromatic carbocycles. The fourth-order valence-electron chi connectivity index (χ4n) is 1.68. The normalized spacial score (nSPS) is 11.3. The Labute approximate surface area is 105 Å². The molecule has 0 aliphatic rings. The number of aromatic nitrogens is 1. The predicted molar refractivity (Wildman–Crippen MR) is 70.9 cm³/mol. The summed E-state index contributed by atoms with van der Waals surface area (Å²) in [6, 6.07) is 14.6. The summed E-state index contributed by atoms with van der Waals surface area (Å²) in [6.07, 6.45) is 1.59. The molecule has 0 unspecified atom stereocenters. The van der Waals surface area contributed by atoms with Gasteiger partial charge in [-0.05, 0) is 30.7 Å². The number of benzene rings is 1. The van der Waals surface area contributed by atoms with Crippen LogP contribution in [-0.2, 0) is 4.79 Å². The second-order valence-electron chi connectivity index (χ2n) is 3.93. The second-order valence-corrected chi connectivity index (χ2v) is 3.93. The summed E-state index contributed by atoms with van der Waals surface area (Å²) < 4.78 is 0. The van der Waals surface area contributed by atoms with E-state index in [-0.39, 0.29) is 5.57 Å². The topological polar surface area (TPSA) is 50.2 Å². The minimum absolute atomic E-state index is 0.244. The highest BCUT2D eigenvalue weighted by molar-refractivity contribution is 6.20. The highest BCUT2D eigenvalue weighted by Crippen LogP contribution is 2.17. The number of carbonyl (C=O) groups is 1. The maximum atomic E-state index is 11.3. The maximum absolute atomic E-state index is 11.3. The second kappa shape index (κ2) is 5.27. The van der Waals surface area contributed by atoms with Crippen molar-refractivity contribution in [1.82, 2.24) is 4.98 Å². The Morgan fingerprint density at radius 3 is 2.44 bits per heavy atom. The fraction of sp³-hybridized carbons (Fsp3) is 0.0667. The molecule has 0 saturated heterocycles. The van der Waals surface area contributed by atoms with Gasteiger partial charge in [-0.15, -0.1) is 0 Å². The molecule has 0 fully saturated rings. The molecule has 1 aromatic heterocycles. The Morgan fingerprint density at radius 2 is 1.83 bits per heavy atom. The van der Waals surface area contributed by atoms with E-state index in [1.807, 2.05) is 37.3 Å². The molecule has 0 bridgehead atoms. The van der Waals surface area contributed by atoms with Gasteiger partial charge in [0.1, 0.15) is 0 Å². The minimum atomic E-state index is -0.954. The lowest BCUT2D eigenvalue weighted by molar-refractivity contribution is -0.130. The smallest absolute Gasteiger partial charge is 0.336 e. The van der Waals surface area contributed by atoms with Crippen LogP contribution in [0, 0.1) is 6.92 Å². The molecular weight excluding hydrogens is 226 g/mol. The number of rotatable bonds is 3. The third kappa shape index (κ3) is 2.83. The van der Waals surface area contributed by atoms with Crippen molar-refractivity contribution in [2.45, 2.75) is 6.92 Å². The van der Waals surface area contributed by atoms with Crippen molar-refractivity contribution in [3.05, 3.63) is 65.5 Å². The van der Waals surface area contributed by atoms with Crippen LogP contribution in [0.1, 0.15) is 17.0 Å². The predicted octanol–water partition coefficient (Wildman–Crippen LogP) is 3.02. The summed E-state index contributed by atoms with van der Waals surface area (Å²) >= 11 is 0. The number of carboxylic acid groups (broad SMARTS) is 1. The number of carboxylic acids is 1. The van der Waals surface area contributed by atoms with Gasteiger partial charge >= 0.3 is 5.97 Å². The number of nitrogens with zero attached hydrogens (tertiary/aromatic N) is 1. The van der Waals surface area contributed by atoms with E-state index < -0.39 is 5.97 Å². The third-order valence-corrected chi connectivity index (χ3v) is 2.52. The van der Waals surface area contributed by atoms with Gasteiger partial charge < -0.3 is 5.11 Å². The minimum Gasteiger partial charge on any atom is -0.478 e. The van der Waals surface area contributed by atoms with Crippen LogP contribution < -0.4 is 0 Å². The summed E-state index contributed by atoms with van der Waals surface area (Å²) in [7, 11) is 0. The van der Waals surface area contributed by atoms with E-state index in [1.165, 1.54) is 0 Å². The van der Waals surface area contributed by atoms with Crippen LogP contribution in [0.15, 0.2) is 48.5 Å². The molecule has 0 amide bonds. The lowest BCUT2D eigenvalue weighted by Crippen LogP contribution is -2.00. The van der Waals surface area contributed by atoms with Gasteiger partial charge in [-0.2, -0.15) is 0 Å². The van der Waals surface area contributed by atoms with Crippen molar-refractivity contribution in [3.8, 4) is 0 Å². The van der Waals surface area contributed by atoms with E-state index in [2.05, 4.69) is 4.98 Å². The number of hydrogen-bond donors (Lipinski definition) is 1. The standard InChI is InChI=1S/C15H13NO2/c1-11-6-5-9-13(16-11)10-14(15(17)18)12-7-3-2-4-8-12/h2-10H,1H3,(H,17,18)/b14-10+. The Hall–Kier alpha value is -2.42. The van der Waals surface area contributed by atoms with Crippen molar-refractivity contribution >= 4 is 17.6 Å². The summed E-state index contributed by atoms with van der Waals surface area (Å²) in [4.78, 5) is 15.6. The zero-order valence-electron chi connectivity index (χ0n) is 10.00. The fourth-order valence-corrected chi connectivity index (χ4v) is 1.68. The molecule has 90 valence electrons. The summed E-state index contributed by atoms with van der Waals surface area (Å²) in [5, 5.41) is 9.26. The average Bonchev–Trinajstić information content (AvgIpc) is 2.37. The molecule has 0 saturated carbocycles. The highest BCUT2D eigenvalue weighted by atomic mass is 16.4. The lowest BCUT2D eigenvalue weighted by atomic mass is 10.0. The number of aryl methyl sites for hydroxylation is 1. The van der Waals surface area contributed by atoms with Crippen molar-refractivity contribution in [1.29, 1.82) is 0 Å². The van der Waals surface area contributed by atoms with Gasteiger partial charge in [-0.3, -0.25) is 4.98 Å². The van der Waals surface area contributed by atoms with E-state index in [0.29, 0.717) is 11.3 Å². The zero-order chi connectivity index (χ0) is 13.0. The summed E-state index contributed by atoms with van der Waals surface area (Å²) in [5.74, 6) is -0.954. The molecule has 0 aliphatic heterocycles. The van der Waals surface area contributed by atoms with Crippen LogP contribution in [0.25, 0.3) is 11.6 Å². The lowest BCUT2D eigenvalue weighted by Gasteiger charge is -2.03. The molecule has 0 atom stereocenters. The monoisotopic (exact) mass is 239 g/mol. The molecular formula is C15H13NO2. The van der Waals surface area contributed by atoms with Gasteiger partial charge in [0.25, 0.3) is 0 Å². The molecule has 3 nitrogen and oxygen atoms in total. The Bertz CT molecular complexity index is 588. The molecule has 2 rings (SSSR count). The van der Waals surface area contributed by atoms with Crippen LogP contribution in [0.5, 0.6) is 0 Å². The van der Waals surface area contributed by atoms with Gasteiger partial charge in [-0.1, -0.05) is 36.4 Å².